The minimum atomic E-state index is -1.86. The zero-order chi connectivity index (χ0) is 30.2. The van der Waals surface area contributed by atoms with Gasteiger partial charge in [-0.05, 0) is 55.4 Å². The third-order valence-electron chi connectivity index (χ3n) is 7.70. The predicted octanol–water partition coefficient (Wildman–Crippen LogP) is 1.14. The molecule has 16 heteroatoms. The van der Waals surface area contributed by atoms with Gasteiger partial charge in [-0.25, -0.2) is 8.42 Å². The first kappa shape index (κ1) is 31.8. The molecule has 0 aliphatic carbocycles. The molecule has 12 atom stereocenters. The van der Waals surface area contributed by atoms with Gasteiger partial charge in [0.25, 0.3) is 0 Å². The topological polar surface area (TPSA) is 145 Å². The van der Waals surface area contributed by atoms with Gasteiger partial charge in [0.15, 0.2) is 57.9 Å². The Balaban J connectivity index is 1.07. The molecule has 0 aromatic carbocycles. The molecule has 6 aliphatic rings. The summed E-state index contributed by atoms with van der Waals surface area (Å²) in [6.45, 7) is 14.8. The first-order chi connectivity index (χ1) is 19.5. The average Bonchev–Trinajstić information content (AvgIpc) is 3.67. The van der Waals surface area contributed by atoms with Crippen molar-refractivity contribution >= 4 is 22.2 Å². The van der Waals surface area contributed by atoms with Crippen LogP contribution in [0, 0.1) is 0 Å². The molecular weight excluding hydrogens is 600 g/mol. The first-order valence-corrected chi connectivity index (χ1v) is 16.8. The number of hydrogen-bond acceptors (Lipinski definition) is 14. The summed E-state index contributed by atoms with van der Waals surface area (Å²) in [5.41, 5.74) is 0. The minimum absolute atomic E-state index is 0.0732. The van der Waals surface area contributed by atoms with Crippen molar-refractivity contribution in [1.29, 1.82) is 0 Å². The lowest BCUT2D eigenvalue weighted by Crippen LogP contribution is -2.45. The molecule has 242 valence electrons. The second-order valence-electron chi connectivity index (χ2n) is 13.0. The van der Waals surface area contributed by atoms with E-state index < -0.39 is 107 Å². The largest absolute Gasteiger partial charge is 0.348 e. The summed E-state index contributed by atoms with van der Waals surface area (Å²) in [5.74, 6) is -3.52. The molecule has 6 heterocycles. The SMILES string of the molecule is CC1(C)O[C@H]2O[C@H]([C@H]3COC(C)(C)O3)[C@H](O[S@](=O)CC[S@@](=O)O[C@@H]3[C@H]4OC(C)(C)O[C@H]4O[C@@H]3[C@H]3COC(C)(C)O3)[C@H]2O1. The highest BCUT2D eigenvalue weighted by atomic mass is 32.2. The number of fused-ring (bicyclic) bond motifs is 2. The molecule has 0 unspecified atom stereocenters. The highest BCUT2D eigenvalue weighted by Gasteiger charge is 2.61. The number of rotatable bonds is 9. The van der Waals surface area contributed by atoms with Crippen LogP contribution in [-0.4, -0.2) is 118 Å². The van der Waals surface area contributed by atoms with Crippen LogP contribution in [0.5, 0.6) is 0 Å². The smallest absolute Gasteiger partial charge is 0.190 e. The van der Waals surface area contributed by atoms with Gasteiger partial charge in [-0.2, -0.15) is 0 Å². The molecule has 6 rings (SSSR count). The number of hydrogen-bond donors (Lipinski definition) is 0. The summed E-state index contributed by atoms with van der Waals surface area (Å²) >= 11 is -3.73. The van der Waals surface area contributed by atoms with Crippen molar-refractivity contribution in [2.45, 2.75) is 140 Å². The van der Waals surface area contributed by atoms with Crippen LogP contribution in [-0.2, 0) is 77.9 Å². The van der Waals surface area contributed by atoms with Crippen LogP contribution in [0.3, 0.4) is 0 Å². The van der Waals surface area contributed by atoms with Gasteiger partial charge in [-0.3, -0.25) is 8.37 Å². The molecule has 6 saturated heterocycles. The van der Waals surface area contributed by atoms with Crippen LogP contribution >= 0.6 is 0 Å². The van der Waals surface area contributed by atoms with Crippen molar-refractivity contribution in [1.82, 2.24) is 0 Å². The summed E-state index contributed by atoms with van der Waals surface area (Å²) in [5, 5.41) is 0. The second-order valence-corrected chi connectivity index (χ2v) is 15.4. The quantitative estimate of drug-likeness (QED) is 0.354. The highest BCUT2D eigenvalue weighted by Crippen LogP contribution is 2.44. The van der Waals surface area contributed by atoms with E-state index in [1.807, 2.05) is 0 Å². The fraction of sp³-hybridized carbons (Fsp3) is 1.00. The average molecular weight is 643 g/mol. The minimum Gasteiger partial charge on any atom is -0.348 e. The maximum Gasteiger partial charge on any atom is 0.190 e. The molecule has 6 fully saturated rings. The van der Waals surface area contributed by atoms with Gasteiger partial charge in [0, 0.05) is 0 Å². The molecule has 0 N–H and O–H groups in total. The van der Waals surface area contributed by atoms with Crippen LogP contribution in [0.2, 0.25) is 0 Å². The van der Waals surface area contributed by atoms with Crippen molar-refractivity contribution in [2.75, 3.05) is 24.7 Å². The Hall–Kier alpha value is -0.180. The van der Waals surface area contributed by atoms with E-state index in [0.29, 0.717) is 0 Å². The summed E-state index contributed by atoms with van der Waals surface area (Å²) in [4.78, 5) is 0. The lowest BCUT2D eigenvalue weighted by atomic mass is 10.1. The van der Waals surface area contributed by atoms with Crippen LogP contribution < -0.4 is 0 Å². The van der Waals surface area contributed by atoms with E-state index in [0.717, 1.165) is 0 Å². The van der Waals surface area contributed by atoms with Crippen LogP contribution in [0.25, 0.3) is 0 Å². The van der Waals surface area contributed by atoms with Crippen molar-refractivity contribution in [3.63, 3.8) is 0 Å². The lowest BCUT2D eigenvalue weighted by Gasteiger charge is -2.28. The molecule has 0 aromatic rings. The maximum absolute atomic E-state index is 13.2. The van der Waals surface area contributed by atoms with Gasteiger partial charge in [-0.15, -0.1) is 0 Å². The van der Waals surface area contributed by atoms with Crippen LogP contribution in [0.1, 0.15) is 55.4 Å². The summed E-state index contributed by atoms with van der Waals surface area (Å²) in [6, 6.07) is 0. The standard InChI is InChI=1S/C26H42O14S2/c1-23(2)29-11-13(33-23)15-17(19-21(31-15)37-25(5,6)35-19)39-41(27)9-10-42(28)40-18-16(14-12-30-24(3,4)34-14)32-22-20(18)36-26(7,8)38-22/h13-22H,9-12H2,1-8H3/t13-,14-,15-,16-,17+,18+,19-,20-,21-,22-,41+,42+/m1/s1. The zero-order valence-corrected chi connectivity index (χ0v) is 26.8. The van der Waals surface area contributed by atoms with Gasteiger partial charge < -0.3 is 47.4 Å². The van der Waals surface area contributed by atoms with E-state index in [2.05, 4.69) is 0 Å². The van der Waals surface area contributed by atoms with Crippen LogP contribution in [0.15, 0.2) is 0 Å². The predicted molar refractivity (Wildman–Crippen MR) is 143 cm³/mol. The first-order valence-electron chi connectivity index (χ1n) is 14.3. The monoisotopic (exact) mass is 642 g/mol. The molecule has 0 radical (unpaired) electrons. The van der Waals surface area contributed by atoms with Gasteiger partial charge in [0.05, 0.1) is 24.7 Å². The van der Waals surface area contributed by atoms with Gasteiger partial charge in [0.1, 0.15) is 48.8 Å². The Labute approximate surface area is 250 Å². The Bertz CT molecular complexity index is 986. The van der Waals surface area contributed by atoms with E-state index in [-0.39, 0.29) is 24.7 Å². The van der Waals surface area contributed by atoms with Gasteiger partial charge >= 0.3 is 0 Å². The van der Waals surface area contributed by atoms with E-state index >= 15 is 0 Å². The van der Waals surface area contributed by atoms with E-state index in [1.54, 1.807) is 55.4 Å². The third kappa shape index (κ3) is 6.67. The van der Waals surface area contributed by atoms with Crippen molar-refractivity contribution < 1.29 is 64.2 Å². The third-order valence-corrected chi connectivity index (χ3v) is 9.91. The van der Waals surface area contributed by atoms with Gasteiger partial charge in [0.2, 0.25) is 0 Å². The molecule has 0 bridgehead atoms. The molecule has 0 amide bonds. The molecule has 0 spiro atoms. The second kappa shape index (κ2) is 11.3. The summed E-state index contributed by atoms with van der Waals surface area (Å²) in [6.07, 6.45) is -6.45. The van der Waals surface area contributed by atoms with Crippen LogP contribution in [0.4, 0.5) is 0 Å². The maximum atomic E-state index is 13.2. The van der Waals surface area contributed by atoms with E-state index in [4.69, 9.17) is 55.7 Å². The Morgan fingerprint density at radius 3 is 1.26 bits per heavy atom. The summed E-state index contributed by atoms with van der Waals surface area (Å²) in [7, 11) is 0. The molecule has 14 nitrogen and oxygen atoms in total. The lowest BCUT2D eigenvalue weighted by molar-refractivity contribution is -0.230. The Kier molecular flexibility index (Phi) is 8.52. The number of ether oxygens (including phenoxy) is 10. The van der Waals surface area contributed by atoms with Crippen molar-refractivity contribution in [3.05, 3.63) is 0 Å². The Morgan fingerprint density at radius 1 is 0.548 bits per heavy atom. The molecular formula is C26H42O14S2. The fourth-order valence-corrected chi connectivity index (χ4v) is 8.28. The van der Waals surface area contributed by atoms with Crippen molar-refractivity contribution in [2.24, 2.45) is 0 Å². The Morgan fingerprint density at radius 2 is 0.929 bits per heavy atom. The normalized spacial score (nSPS) is 46.1. The highest BCUT2D eigenvalue weighted by molar-refractivity contribution is 7.84. The zero-order valence-electron chi connectivity index (χ0n) is 25.1. The van der Waals surface area contributed by atoms with Gasteiger partial charge in [-0.1, -0.05) is 0 Å². The fourth-order valence-electron chi connectivity index (χ4n) is 6.06. The summed E-state index contributed by atoms with van der Waals surface area (Å²) < 4.78 is 97.6. The van der Waals surface area contributed by atoms with E-state index in [9.17, 15) is 8.42 Å². The molecule has 6 aliphatic heterocycles. The molecule has 42 heavy (non-hydrogen) atoms. The van der Waals surface area contributed by atoms with E-state index in [1.165, 1.54) is 0 Å². The molecule has 0 saturated carbocycles. The van der Waals surface area contributed by atoms with Crippen molar-refractivity contribution in [3.8, 4) is 0 Å². The molecule has 0 aromatic heterocycles.